The first kappa shape index (κ1) is 20.2. The Balaban J connectivity index is 1.47. The highest BCUT2D eigenvalue weighted by molar-refractivity contribution is 5.74. The van der Waals surface area contributed by atoms with E-state index in [0.29, 0.717) is 17.6 Å². The molecule has 2 aromatic rings. The van der Waals surface area contributed by atoms with Gasteiger partial charge >= 0.3 is 6.03 Å². The second kappa shape index (κ2) is 9.58. The van der Waals surface area contributed by atoms with Crippen LogP contribution in [0.25, 0.3) is 0 Å². The average molecular weight is 382 g/mol. The van der Waals surface area contributed by atoms with Crippen molar-refractivity contribution in [1.82, 2.24) is 15.2 Å². The Morgan fingerprint density at radius 1 is 1.14 bits per heavy atom. The Labute approximate surface area is 167 Å². The van der Waals surface area contributed by atoms with Gasteiger partial charge in [-0.15, -0.1) is 0 Å². The summed E-state index contributed by atoms with van der Waals surface area (Å²) >= 11 is 0. The van der Waals surface area contributed by atoms with Gasteiger partial charge in [0.25, 0.3) is 0 Å². The average Bonchev–Trinajstić information content (AvgIpc) is 2.72. The normalized spacial score (nSPS) is 16.2. The molecule has 5 heteroatoms. The Morgan fingerprint density at radius 2 is 1.79 bits per heavy atom. The summed E-state index contributed by atoms with van der Waals surface area (Å²) in [6.07, 6.45) is 7.80. The molecule has 1 aliphatic rings. The number of amides is 2. The van der Waals surface area contributed by atoms with Crippen molar-refractivity contribution in [2.24, 2.45) is 11.8 Å². The van der Waals surface area contributed by atoms with Crippen LogP contribution in [0.15, 0.2) is 48.8 Å². The summed E-state index contributed by atoms with van der Waals surface area (Å²) in [6.45, 7) is 5.88. The van der Waals surface area contributed by atoms with Crippen LogP contribution in [0.3, 0.4) is 0 Å². The molecule has 0 radical (unpaired) electrons. The monoisotopic (exact) mass is 381 g/mol. The number of piperidine rings is 1. The van der Waals surface area contributed by atoms with Crippen LogP contribution in [0.1, 0.15) is 50.3 Å². The van der Waals surface area contributed by atoms with Gasteiger partial charge in [-0.3, -0.25) is 4.98 Å². The highest BCUT2D eigenvalue weighted by atomic mass is 16.3. The highest BCUT2D eigenvalue weighted by Gasteiger charge is 2.25. The lowest BCUT2D eigenvalue weighted by Crippen LogP contribution is -2.46. The second-order valence-electron chi connectivity index (χ2n) is 8.09. The minimum absolute atomic E-state index is 0.00252. The maximum absolute atomic E-state index is 12.8. The molecule has 3 rings (SSSR count). The number of nitrogens with one attached hydrogen (secondary N) is 1. The van der Waals surface area contributed by atoms with Crippen molar-refractivity contribution in [3.63, 3.8) is 0 Å². The third kappa shape index (κ3) is 5.47. The fraction of sp³-hybridized carbons (Fsp3) is 0.478. The third-order valence-corrected chi connectivity index (χ3v) is 5.69. The number of carbonyl (C=O) groups excluding carboxylic acids is 1. The summed E-state index contributed by atoms with van der Waals surface area (Å²) in [5.41, 5.74) is 2.36. The summed E-state index contributed by atoms with van der Waals surface area (Å²) in [7, 11) is 0. The van der Waals surface area contributed by atoms with E-state index in [1.54, 1.807) is 24.5 Å². The Bertz CT molecular complexity index is 738. The number of aromatic nitrogens is 1. The van der Waals surface area contributed by atoms with Gasteiger partial charge < -0.3 is 15.3 Å². The molecule has 0 saturated carbocycles. The summed E-state index contributed by atoms with van der Waals surface area (Å²) in [4.78, 5) is 18.8. The number of hydrogen-bond acceptors (Lipinski definition) is 3. The largest absolute Gasteiger partial charge is 0.508 e. The van der Waals surface area contributed by atoms with Crippen LogP contribution < -0.4 is 5.32 Å². The summed E-state index contributed by atoms with van der Waals surface area (Å²) in [5.74, 6) is 1.28. The van der Waals surface area contributed by atoms with Crippen molar-refractivity contribution in [2.45, 2.75) is 45.6 Å². The molecule has 0 aliphatic carbocycles. The number of benzene rings is 1. The fourth-order valence-corrected chi connectivity index (χ4v) is 3.89. The number of nitrogens with zero attached hydrogens (tertiary/aromatic N) is 2. The Hall–Kier alpha value is -2.56. The summed E-state index contributed by atoms with van der Waals surface area (Å²) < 4.78 is 0. The number of rotatable bonds is 6. The molecule has 1 fully saturated rings. The van der Waals surface area contributed by atoms with Crippen LogP contribution in [-0.4, -0.2) is 34.1 Å². The van der Waals surface area contributed by atoms with E-state index >= 15 is 0 Å². The first-order valence-electron chi connectivity index (χ1n) is 10.3. The van der Waals surface area contributed by atoms with Gasteiger partial charge in [-0.1, -0.05) is 26.0 Å². The van der Waals surface area contributed by atoms with Gasteiger partial charge in [0.2, 0.25) is 0 Å². The smallest absolute Gasteiger partial charge is 0.317 e. The first-order chi connectivity index (χ1) is 13.5. The molecule has 28 heavy (non-hydrogen) atoms. The molecule has 0 spiro atoms. The van der Waals surface area contributed by atoms with Crippen molar-refractivity contribution >= 4 is 6.03 Å². The van der Waals surface area contributed by atoms with Crippen LogP contribution in [-0.2, 0) is 6.42 Å². The molecule has 1 atom stereocenters. The topological polar surface area (TPSA) is 65.5 Å². The number of carbonyl (C=O) groups is 1. The van der Waals surface area contributed by atoms with Crippen molar-refractivity contribution in [1.29, 1.82) is 0 Å². The molecule has 2 N–H and O–H groups in total. The third-order valence-electron chi connectivity index (χ3n) is 5.69. The molecule has 1 unspecified atom stereocenters. The molecule has 150 valence electrons. The SMILES string of the molecule is CC(C)C(NC(=O)N1CCC(CCc2ccc(O)cc2)CC1)c1ccncc1. The van der Waals surface area contributed by atoms with Gasteiger partial charge in [0.05, 0.1) is 6.04 Å². The predicted molar refractivity (Wildman–Crippen MR) is 111 cm³/mol. The zero-order valence-electron chi connectivity index (χ0n) is 16.8. The van der Waals surface area contributed by atoms with Crippen molar-refractivity contribution in [3.8, 4) is 5.75 Å². The number of likely N-dealkylation sites (tertiary alicyclic amines) is 1. The molecule has 2 amide bonds. The van der Waals surface area contributed by atoms with E-state index < -0.39 is 0 Å². The maximum Gasteiger partial charge on any atom is 0.317 e. The van der Waals surface area contributed by atoms with E-state index in [4.69, 9.17) is 0 Å². The first-order valence-corrected chi connectivity index (χ1v) is 10.3. The van der Waals surface area contributed by atoms with Crippen LogP contribution >= 0.6 is 0 Å². The zero-order valence-corrected chi connectivity index (χ0v) is 16.8. The molecule has 2 heterocycles. The number of phenolic OH excluding ortho intramolecular Hbond substituents is 1. The van der Waals surface area contributed by atoms with Crippen molar-refractivity contribution in [3.05, 3.63) is 59.9 Å². The van der Waals surface area contributed by atoms with E-state index in [1.807, 2.05) is 29.2 Å². The fourth-order valence-electron chi connectivity index (χ4n) is 3.89. The minimum atomic E-state index is 0.00252. The van der Waals surface area contributed by atoms with Gasteiger partial charge in [-0.25, -0.2) is 4.79 Å². The van der Waals surface area contributed by atoms with E-state index in [0.717, 1.165) is 44.3 Å². The number of hydrogen-bond donors (Lipinski definition) is 2. The molecule has 1 aromatic carbocycles. The van der Waals surface area contributed by atoms with Gasteiger partial charge in [0.1, 0.15) is 5.75 Å². The standard InChI is InChI=1S/C23H31N3O2/c1-17(2)22(20-9-13-24-14-10-20)25-23(28)26-15-11-19(12-16-26)4-3-18-5-7-21(27)8-6-18/h5-10,13-14,17,19,22,27H,3-4,11-12,15-16H2,1-2H3,(H,25,28). The Morgan fingerprint density at radius 3 is 2.39 bits per heavy atom. The number of aromatic hydroxyl groups is 1. The van der Waals surface area contributed by atoms with Gasteiger partial charge in [-0.05, 0) is 72.9 Å². The van der Waals surface area contributed by atoms with Crippen LogP contribution in [0.4, 0.5) is 4.79 Å². The number of pyridine rings is 1. The zero-order chi connectivity index (χ0) is 19.9. The summed E-state index contributed by atoms with van der Waals surface area (Å²) in [6, 6.07) is 11.5. The Kier molecular flexibility index (Phi) is 6.90. The predicted octanol–water partition coefficient (Wildman–Crippen LogP) is 4.54. The van der Waals surface area contributed by atoms with E-state index in [-0.39, 0.29) is 12.1 Å². The maximum atomic E-state index is 12.8. The number of phenols is 1. The summed E-state index contributed by atoms with van der Waals surface area (Å²) in [5, 5.41) is 12.6. The molecule has 1 aliphatic heterocycles. The van der Waals surface area contributed by atoms with Crippen LogP contribution in [0.5, 0.6) is 5.75 Å². The van der Waals surface area contributed by atoms with E-state index in [2.05, 4.69) is 24.1 Å². The quantitative estimate of drug-likeness (QED) is 0.772. The number of urea groups is 1. The molecule has 1 saturated heterocycles. The van der Waals surface area contributed by atoms with Gasteiger partial charge in [0.15, 0.2) is 0 Å². The van der Waals surface area contributed by atoms with Crippen molar-refractivity contribution < 1.29 is 9.90 Å². The van der Waals surface area contributed by atoms with Crippen molar-refractivity contribution in [2.75, 3.05) is 13.1 Å². The minimum Gasteiger partial charge on any atom is -0.508 e. The van der Waals surface area contributed by atoms with E-state index in [1.165, 1.54) is 5.56 Å². The van der Waals surface area contributed by atoms with E-state index in [9.17, 15) is 9.90 Å². The molecule has 0 bridgehead atoms. The van der Waals surface area contributed by atoms with Crippen LogP contribution in [0.2, 0.25) is 0 Å². The lowest BCUT2D eigenvalue weighted by Gasteiger charge is -2.34. The lowest BCUT2D eigenvalue weighted by atomic mass is 9.90. The second-order valence-corrected chi connectivity index (χ2v) is 8.09. The molecular weight excluding hydrogens is 350 g/mol. The molecular formula is C23H31N3O2. The number of aryl methyl sites for hydroxylation is 1. The lowest BCUT2D eigenvalue weighted by molar-refractivity contribution is 0.162. The van der Waals surface area contributed by atoms with Gasteiger partial charge in [0, 0.05) is 25.5 Å². The van der Waals surface area contributed by atoms with Crippen LogP contribution in [0, 0.1) is 11.8 Å². The molecule has 5 nitrogen and oxygen atoms in total. The van der Waals surface area contributed by atoms with Gasteiger partial charge in [-0.2, -0.15) is 0 Å². The highest BCUT2D eigenvalue weighted by Crippen LogP contribution is 2.25. The molecule has 1 aromatic heterocycles.